The van der Waals surface area contributed by atoms with Crippen molar-refractivity contribution < 1.29 is 17.4 Å². The van der Waals surface area contributed by atoms with Crippen LogP contribution in [0.4, 0.5) is 4.39 Å². The lowest BCUT2D eigenvalue weighted by atomic mass is 9.88. The fraction of sp³-hybridized carbons (Fsp3) is 0.412. The third-order valence-electron chi connectivity index (χ3n) is 4.42. The normalized spacial score (nSPS) is 19.0. The number of aromatic amines is 1. The number of rotatable bonds is 5. The molecule has 0 spiro atoms. The Balaban J connectivity index is 1.88. The fourth-order valence-corrected chi connectivity index (χ4v) is 4.00. The number of pyridine rings is 1. The molecule has 0 bridgehead atoms. The summed E-state index contributed by atoms with van der Waals surface area (Å²) in [7, 11) is -4.26. The second kappa shape index (κ2) is 7.34. The number of nitrogens with zero attached hydrogens (tertiary/aromatic N) is 2. The van der Waals surface area contributed by atoms with Crippen LogP contribution in [0.15, 0.2) is 35.1 Å². The SMILES string of the molecule is CC(C)(C)[C@@H](CS(=O)(=O)O)NC1=C(F)C=NC(c2c[nH]c3ncc(Cl)cc23)N1. The molecule has 1 unspecified atom stereocenters. The first kappa shape index (κ1) is 20.6. The van der Waals surface area contributed by atoms with Gasteiger partial charge < -0.3 is 15.6 Å². The Labute approximate surface area is 167 Å². The van der Waals surface area contributed by atoms with E-state index in [4.69, 9.17) is 11.6 Å². The Morgan fingerprint density at radius 2 is 2.14 bits per heavy atom. The first-order valence-electron chi connectivity index (χ1n) is 8.48. The Morgan fingerprint density at radius 1 is 1.43 bits per heavy atom. The molecule has 1 aliphatic heterocycles. The van der Waals surface area contributed by atoms with Gasteiger partial charge in [0.25, 0.3) is 10.1 Å². The molecule has 0 radical (unpaired) electrons. The minimum absolute atomic E-state index is 0.00656. The van der Waals surface area contributed by atoms with Gasteiger partial charge in [-0.15, -0.1) is 0 Å². The molecule has 0 aliphatic carbocycles. The molecule has 0 fully saturated rings. The summed E-state index contributed by atoms with van der Waals surface area (Å²) in [6.45, 7) is 5.36. The van der Waals surface area contributed by atoms with Gasteiger partial charge in [0.05, 0.1) is 17.0 Å². The van der Waals surface area contributed by atoms with Gasteiger partial charge in [-0.3, -0.25) is 9.55 Å². The molecule has 3 heterocycles. The monoisotopic (exact) mass is 429 g/mol. The largest absolute Gasteiger partial charge is 0.365 e. The molecule has 152 valence electrons. The van der Waals surface area contributed by atoms with Gasteiger partial charge in [0.15, 0.2) is 5.83 Å². The van der Waals surface area contributed by atoms with Crippen molar-refractivity contribution in [1.29, 1.82) is 0 Å². The van der Waals surface area contributed by atoms with Crippen LogP contribution in [0.1, 0.15) is 32.5 Å². The molecular weight excluding hydrogens is 409 g/mol. The summed E-state index contributed by atoms with van der Waals surface area (Å²) in [5.41, 5.74) is 0.739. The third-order valence-corrected chi connectivity index (χ3v) is 5.38. The molecule has 4 N–H and O–H groups in total. The molecule has 11 heteroatoms. The summed E-state index contributed by atoms with van der Waals surface area (Å²) in [5.74, 6) is -1.24. The van der Waals surface area contributed by atoms with Crippen molar-refractivity contribution in [2.24, 2.45) is 10.4 Å². The van der Waals surface area contributed by atoms with E-state index in [0.717, 1.165) is 11.6 Å². The van der Waals surface area contributed by atoms with Crippen LogP contribution < -0.4 is 10.6 Å². The predicted octanol–water partition coefficient (Wildman–Crippen LogP) is 2.92. The number of hydrogen-bond acceptors (Lipinski definition) is 6. The number of aliphatic imine (C=N–C) groups is 1. The summed E-state index contributed by atoms with van der Waals surface area (Å²) in [4.78, 5) is 11.4. The molecule has 2 aromatic heterocycles. The zero-order chi connectivity index (χ0) is 20.7. The number of hydrogen-bond donors (Lipinski definition) is 4. The number of fused-ring (bicyclic) bond motifs is 1. The van der Waals surface area contributed by atoms with E-state index in [1.807, 2.05) is 0 Å². The van der Waals surface area contributed by atoms with Crippen LogP contribution in [-0.2, 0) is 10.1 Å². The lowest BCUT2D eigenvalue weighted by Gasteiger charge is -2.34. The first-order valence-corrected chi connectivity index (χ1v) is 10.5. The fourth-order valence-electron chi connectivity index (χ4n) is 2.83. The minimum Gasteiger partial charge on any atom is -0.365 e. The van der Waals surface area contributed by atoms with Crippen LogP contribution in [0.3, 0.4) is 0 Å². The van der Waals surface area contributed by atoms with E-state index in [1.165, 1.54) is 6.20 Å². The Bertz CT molecular complexity index is 1060. The van der Waals surface area contributed by atoms with Crippen LogP contribution in [0.25, 0.3) is 11.0 Å². The van der Waals surface area contributed by atoms with Gasteiger partial charge in [-0.2, -0.15) is 8.42 Å². The summed E-state index contributed by atoms with van der Waals surface area (Å²) in [5, 5.41) is 6.98. The van der Waals surface area contributed by atoms with E-state index >= 15 is 0 Å². The predicted molar refractivity (Wildman–Crippen MR) is 106 cm³/mol. The first-order chi connectivity index (χ1) is 12.9. The molecule has 2 aromatic rings. The second-order valence-electron chi connectivity index (χ2n) is 7.65. The van der Waals surface area contributed by atoms with Crippen LogP contribution in [0.5, 0.6) is 0 Å². The van der Waals surface area contributed by atoms with Crippen molar-refractivity contribution in [3.63, 3.8) is 0 Å². The zero-order valence-corrected chi connectivity index (χ0v) is 17.1. The third kappa shape index (κ3) is 4.62. The molecule has 0 aromatic carbocycles. The van der Waals surface area contributed by atoms with Gasteiger partial charge in [-0.25, -0.2) is 9.37 Å². The van der Waals surface area contributed by atoms with Crippen molar-refractivity contribution >= 4 is 39.0 Å². The van der Waals surface area contributed by atoms with Gasteiger partial charge in [0.2, 0.25) is 0 Å². The van der Waals surface area contributed by atoms with Crippen molar-refractivity contribution in [2.45, 2.75) is 33.0 Å². The van der Waals surface area contributed by atoms with E-state index in [0.29, 0.717) is 16.2 Å². The van der Waals surface area contributed by atoms with Gasteiger partial charge in [-0.1, -0.05) is 32.4 Å². The second-order valence-corrected chi connectivity index (χ2v) is 9.59. The number of allylic oxidation sites excluding steroid dienone is 1. The number of H-pyrrole nitrogens is 1. The Hall–Kier alpha value is -2.17. The van der Waals surface area contributed by atoms with E-state index in [2.05, 4.69) is 25.6 Å². The highest BCUT2D eigenvalue weighted by molar-refractivity contribution is 7.85. The number of aromatic nitrogens is 2. The summed E-state index contributed by atoms with van der Waals surface area (Å²) >= 11 is 6.02. The number of nitrogens with one attached hydrogen (secondary N) is 3. The molecule has 8 nitrogen and oxygen atoms in total. The highest BCUT2D eigenvalue weighted by Crippen LogP contribution is 2.29. The van der Waals surface area contributed by atoms with E-state index < -0.39 is 39.3 Å². The summed E-state index contributed by atoms with van der Waals surface area (Å²) < 4.78 is 46.4. The molecule has 0 saturated heterocycles. The molecular formula is C17H21ClFN5O3S. The van der Waals surface area contributed by atoms with E-state index in [9.17, 15) is 17.4 Å². The smallest absolute Gasteiger partial charge is 0.266 e. The summed E-state index contributed by atoms with van der Waals surface area (Å²) in [6, 6.07) is 0.979. The standard InChI is InChI=1S/C17H21ClFN5O3S/c1-17(2,3)13(8-28(25,26)27)23-16-12(19)7-22-15(24-16)11-6-21-14-10(11)4-9(18)5-20-14/h4-7,13,15,23-24H,8H2,1-3H3,(H,20,21)(H,25,26,27)/t13-,15?/m1/s1. The summed E-state index contributed by atoms with van der Waals surface area (Å²) in [6.07, 6.45) is 3.64. The van der Waals surface area contributed by atoms with Crippen LogP contribution >= 0.6 is 11.6 Å². The van der Waals surface area contributed by atoms with Crippen molar-refractivity contribution in [1.82, 2.24) is 20.6 Å². The lowest BCUT2D eigenvalue weighted by molar-refractivity contribution is 0.289. The maximum Gasteiger partial charge on any atom is 0.266 e. The van der Waals surface area contributed by atoms with Gasteiger partial charge >= 0.3 is 0 Å². The topological polar surface area (TPSA) is 119 Å². The van der Waals surface area contributed by atoms with Crippen LogP contribution in [0, 0.1) is 5.41 Å². The Morgan fingerprint density at radius 3 is 2.79 bits per heavy atom. The maximum absolute atomic E-state index is 14.4. The van der Waals surface area contributed by atoms with Crippen molar-refractivity contribution in [3.05, 3.63) is 40.7 Å². The molecule has 2 atom stereocenters. The van der Waals surface area contributed by atoms with Gasteiger partial charge in [0.1, 0.15) is 17.6 Å². The maximum atomic E-state index is 14.4. The Kier molecular flexibility index (Phi) is 5.39. The van der Waals surface area contributed by atoms with Gasteiger partial charge in [-0.05, 0) is 11.5 Å². The molecule has 0 amide bonds. The molecule has 28 heavy (non-hydrogen) atoms. The molecule has 3 rings (SSSR count). The highest BCUT2D eigenvalue weighted by atomic mass is 35.5. The number of halogens is 2. The van der Waals surface area contributed by atoms with Gasteiger partial charge in [0, 0.05) is 29.4 Å². The minimum atomic E-state index is -4.26. The van der Waals surface area contributed by atoms with E-state index in [-0.39, 0.29) is 5.82 Å². The molecule has 1 aliphatic rings. The van der Waals surface area contributed by atoms with Crippen LogP contribution in [-0.4, -0.2) is 40.9 Å². The quantitative estimate of drug-likeness (QED) is 0.542. The highest BCUT2D eigenvalue weighted by Gasteiger charge is 2.31. The zero-order valence-electron chi connectivity index (χ0n) is 15.5. The van der Waals surface area contributed by atoms with Crippen molar-refractivity contribution in [2.75, 3.05) is 5.75 Å². The van der Waals surface area contributed by atoms with E-state index in [1.54, 1.807) is 33.0 Å². The average molecular weight is 430 g/mol. The molecule has 0 saturated carbocycles. The van der Waals surface area contributed by atoms with Crippen molar-refractivity contribution in [3.8, 4) is 0 Å². The average Bonchev–Trinajstić information content (AvgIpc) is 2.97. The van der Waals surface area contributed by atoms with Crippen LogP contribution in [0.2, 0.25) is 5.02 Å². The lowest BCUT2D eigenvalue weighted by Crippen LogP contribution is -2.48.